The molecule has 0 aliphatic carbocycles. The fraction of sp³-hybridized carbons (Fsp3) is 0.469. The molecule has 18 heteroatoms. The molecule has 360 valence electrons. The number of nitrogens with zero attached hydrogens (tertiary/aromatic N) is 3. The normalized spacial score (nSPS) is 19.4. The van der Waals surface area contributed by atoms with Crippen LogP contribution in [0.15, 0.2) is 66.2 Å². The number of aromatic nitrogens is 2. The van der Waals surface area contributed by atoms with E-state index in [1.807, 2.05) is 43.3 Å². The van der Waals surface area contributed by atoms with Crippen LogP contribution in [0.3, 0.4) is 0 Å². The number of hydrogen-bond acceptors (Lipinski definition) is 9. The molecule has 4 heterocycles. The summed E-state index contributed by atoms with van der Waals surface area (Å²) in [6, 6.07) is 13.0. The zero-order chi connectivity index (χ0) is 48.2. The maximum atomic E-state index is 15.9. The minimum atomic E-state index is -4.61. The van der Waals surface area contributed by atoms with Crippen molar-refractivity contribution in [1.29, 1.82) is 0 Å². The number of nitrogens with one attached hydrogen (secondary N) is 3. The average molecular weight is 953 g/mol. The number of thiazole rings is 1. The number of hydrogen-bond donors (Lipinski definition) is 4. The third kappa shape index (κ3) is 11.8. The lowest BCUT2D eigenvalue weighted by Crippen LogP contribution is -2.58. The van der Waals surface area contributed by atoms with E-state index in [-0.39, 0.29) is 51.5 Å². The number of aliphatic hydroxyl groups is 1. The summed E-state index contributed by atoms with van der Waals surface area (Å²) in [6.07, 6.45) is -3.64. The minimum Gasteiger partial charge on any atom is -0.493 e. The van der Waals surface area contributed by atoms with Gasteiger partial charge in [0.2, 0.25) is 17.7 Å². The maximum Gasteiger partial charge on any atom is 0.401 e. The van der Waals surface area contributed by atoms with E-state index in [0.717, 1.165) is 49.7 Å². The number of ether oxygens (including phenoxy) is 2. The van der Waals surface area contributed by atoms with E-state index in [9.17, 15) is 32.7 Å². The van der Waals surface area contributed by atoms with Crippen molar-refractivity contribution in [3.63, 3.8) is 0 Å². The van der Waals surface area contributed by atoms with Gasteiger partial charge < -0.3 is 35.1 Å². The molecule has 4 N–H and O–H groups in total. The Morgan fingerprint density at radius 3 is 2.37 bits per heavy atom. The van der Waals surface area contributed by atoms with Gasteiger partial charge in [-0.2, -0.15) is 13.2 Å². The van der Waals surface area contributed by atoms with Crippen molar-refractivity contribution in [3.05, 3.63) is 106 Å². The van der Waals surface area contributed by atoms with Crippen LogP contribution in [0.1, 0.15) is 87.5 Å². The summed E-state index contributed by atoms with van der Waals surface area (Å²) in [4.78, 5) is 51.4. The summed E-state index contributed by atoms with van der Waals surface area (Å²) in [5.74, 6) is -3.58. The number of fused-ring (bicyclic) bond motifs is 3. The molecule has 0 spiro atoms. The standard InChI is InChI=1S/C49H57F5N6O6S/c1-28-19-35-34-11-7-8-12-38(34)57-42(35)43(60(28)26-49(52,53)54)41-36(50)21-33(22-37(41)51)66-18-10-6-9-17-65-25-40(62)58-45(48(3,4)5)47(64)59-24-32(61)20-39(59)46(63)55-23-30-13-15-31(16-14-30)44-29(2)56-27-67-44/h7-8,11-16,21-22,27-28,32,39,43,45,57,61H,6,9-10,17-20,23-26H2,1-5H3,(H,55,63)(H,58,62)/t28-,32-,39+,43-,45?/m1/s1. The average Bonchev–Trinajstić information content (AvgIpc) is 3.99. The van der Waals surface area contributed by atoms with Crippen LogP contribution in [-0.2, 0) is 32.1 Å². The molecule has 5 aromatic rings. The van der Waals surface area contributed by atoms with Gasteiger partial charge in [0.15, 0.2) is 0 Å². The lowest BCUT2D eigenvalue weighted by molar-refractivity contribution is -0.155. The quantitative estimate of drug-likeness (QED) is 0.0540. The van der Waals surface area contributed by atoms with Crippen molar-refractivity contribution in [1.82, 2.24) is 30.4 Å². The Hall–Kier alpha value is -5.43. The number of likely N-dealkylation sites (tertiary alicyclic amines) is 1. The Morgan fingerprint density at radius 1 is 1.00 bits per heavy atom. The molecule has 2 aromatic heterocycles. The lowest BCUT2D eigenvalue weighted by atomic mass is 9.85. The molecule has 3 amide bonds. The second-order valence-electron chi connectivity index (χ2n) is 18.5. The number of H-pyrrole nitrogens is 1. The smallest absolute Gasteiger partial charge is 0.401 e. The number of aromatic amines is 1. The number of β-amino-alcohol motifs (C(OH)–C–C–N with tert-alkyl or cyclic N) is 1. The number of aliphatic hydroxyl groups excluding tert-OH is 1. The number of carbonyl (C=O) groups excluding carboxylic acids is 3. The van der Waals surface area contributed by atoms with E-state index in [1.165, 1.54) is 4.90 Å². The Morgan fingerprint density at radius 2 is 1.70 bits per heavy atom. The highest BCUT2D eigenvalue weighted by Gasteiger charge is 2.46. The van der Waals surface area contributed by atoms with Gasteiger partial charge in [-0.15, -0.1) is 11.3 Å². The van der Waals surface area contributed by atoms with Crippen molar-refractivity contribution in [2.24, 2.45) is 5.41 Å². The first-order valence-corrected chi connectivity index (χ1v) is 23.3. The second-order valence-corrected chi connectivity index (χ2v) is 19.4. The van der Waals surface area contributed by atoms with Gasteiger partial charge in [-0.25, -0.2) is 13.8 Å². The maximum absolute atomic E-state index is 15.9. The zero-order valence-electron chi connectivity index (χ0n) is 38.1. The molecule has 7 rings (SSSR count). The minimum absolute atomic E-state index is 0.0559. The van der Waals surface area contributed by atoms with Crippen molar-refractivity contribution in [2.75, 3.05) is 32.9 Å². The molecule has 1 saturated heterocycles. The molecule has 0 saturated carbocycles. The van der Waals surface area contributed by atoms with Crippen LogP contribution in [0.25, 0.3) is 21.3 Å². The van der Waals surface area contributed by atoms with Crippen LogP contribution >= 0.6 is 11.3 Å². The van der Waals surface area contributed by atoms with Crippen molar-refractivity contribution in [2.45, 2.75) is 110 Å². The fourth-order valence-corrected chi connectivity index (χ4v) is 9.81. The van der Waals surface area contributed by atoms with Crippen molar-refractivity contribution >= 4 is 40.0 Å². The SMILES string of the molecule is Cc1ncsc1-c1ccc(CNC(=O)[C@@H]2C[C@@H](O)CN2C(=O)C(NC(=O)COCCCCCOc2cc(F)c([C@@H]3c4[nH]c5ccccc5c4C[C@@H](C)N3CC(F)(F)F)c(F)c2)C(C)(C)C)cc1. The summed E-state index contributed by atoms with van der Waals surface area (Å²) < 4.78 is 84.5. The number of amides is 3. The van der Waals surface area contributed by atoms with E-state index < -0.39 is 83.3 Å². The topological polar surface area (TPSA) is 149 Å². The van der Waals surface area contributed by atoms with E-state index in [1.54, 1.807) is 56.7 Å². The number of carbonyl (C=O) groups is 3. The molecule has 5 atom stereocenters. The van der Waals surface area contributed by atoms with Gasteiger partial charge in [-0.1, -0.05) is 63.2 Å². The Balaban J connectivity index is 0.865. The van der Waals surface area contributed by atoms with Gasteiger partial charge in [0.25, 0.3) is 0 Å². The highest BCUT2D eigenvalue weighted by Crippen LogP contribution is 2.44. The number of halogens is 5. The summed E-state index contributed by atoms with van der Waals surface area (Å²) in [6.45, 7) is 7.69. The molecule has 2 aliphatic rings. The number of para-hydroxylation sites is 1. The third-order valence-electron chi connectivity index (χ3n) is 12.4. The first-order chi connectivity index (χ1) is 31.8. The molecule has 3 aromatic carbocycles. The van der Waals surface area contributed by atoms with Crippen LogP contribution in [-0.4, -0.2) is 106 Å². The van der Waals surface area contributed by atoms with Crippen LogP contribution in [0.5, 0.6) is 5.75 Å². The largest absolute Gasteiger partial charge is 0.493 e. The molecule has 1 fully saturated rings. The number of rotatable bonds is 17. The Bertz CT molecular complexity index is 2520. The summed E-state index contributed by atoms with van der Waals surface area (Å²) >= 11 is 1.55. The summed E-state index contributed by atoms with van der Waals surface area (Å²) in [5.41, 5.74) is 5.10. The van der Waals surface area contributed by atoms with Gasteiger partial charge in [0.05, 0.1) is 41.4 Å². The highest BCUT2D eigenvalue weighted by atomic mass is 32.1. The molecular weight excluding hydrogens is 896 g/mol. The van der Waals surface area contributed by atoms with Crippen LogP contribution < -0.4 is 15.4 Å². The third-order valence-corrected chi connectivity index (χ3v) is 13.3. The fourth-order valence-electron chi connectivity index (χ4n) is 9.00. The molecule has 0 bridgehead atoms. The Labute approximate surface area is 390 Å². The predicted molar refractivity (Wildman–Crippen MR) is 244 cm³/mol. The van der Waals surface area contributed by atoms with Gasteiger partial charge in [0, 0.05) is 66.5 Å². The highest BCUT2D eigenvalue weighted by molar-refractivity contribution is 7.13. The first kappa shape index (κ1) is 49.5. The molecular formula is C49H57F5N6O6S. The number of aryl methyl sites for hydroxylation is 1. The monoisotopic (exact) mass is 952 g/mol. The van der Waals surface area contributed by atoms with E-state index >= 15 is 8.78 Å². The predicted octanol–water partition coefficient (Wildman–Crippen LogP) is 8.15. The van der Waals surface area contributed by atoms with E-state index in [2.05, 4.69) is 20.6 Å². The molecule has 67 heavy (non-hydrogen) atoms. The molecule has 1 unspecified atom stereocenters. The molecule has 12 nitrogen and oxygen atoms in total. The van der Waals surface area contributed by atoms with Gasteiger partial charge in [-0.3, -0.25) is 19.3 Å². The lowest BCUT2D eigenvalue weighted by Gasteiger charge is -2.41. The Kier molecular flexibility index (Phi) is 15.4. The summed E-state index contributed by atoms with van der Waals surface area (Å²) in [7, 11) is 0. The van der Waals surface area contributed by atoms with E-state index in [4.69, 9.17) is 9.47 Å². The van der Waals surface area contributed by atoms with Crippen LogP contribution in [0, 0.1) is 24.0 Å². The number of benzene rings is 3. The first-order valence-electron chi connectivity index (χ1n) is 22.5. The van der Waals surface area contributed by atoms with Crippen molar-refractivity contribution < 1.29 is 50.9 Å². The second kappa shape index (κ2) is 20.8. The van der Waals surface area contributed by atoms with Gasteiger partial charge in [0.1, 0.15) is 36.1 Å². The van der Waals surface area contributed by atoms with Gasteiger partial charge >= 0.3 is 6.18 Å². The van der Waals surface area contributed by atoms with Crippen LogP contribution in [0.2, 0.25) is 0 Å². The van der Waals surface area contributed by atoms with Crippen molar-refractivity contribution in [3.8, 4) is 16.2 Å². The van der Waals surface area contributed by atoms with Gasteiger partial charge in [-0.05, 0) is 67.7 Å². The number of unbranched alkanes of at least 4 members (excludes halogenated alkanes) is 2. The molecule has 2 aliphatic heterocycles. The summed E-state index contributed by atoms with van der Waals surface area (Å²) in [5, 5.41) is 17.0. The van der Waals surface area contributed by atoms with E-state index in [0.29, 0.717) is 30.5 Å². The zero-order valence-corrected chi connectivity index (χ0v) is 39.0. The number of alkyl halides is 3. The van der Waals surface area contributed by atoms with Crippen LogP contribution in [0.4, 0.5) is 22.0 Å². The molecule has 0 radical (unpaired) electrons.